The van der Waals surface area contributed by atoms with Gasteiger partial charge in [-0.05, 0) is 66.5 Å². The Labute approximate surface area is 159 Å². The highest BCUT2D eigenvalue weighted by Gasteiger charge is 2.44. The highest BCUT2D eigenvalue weighted by atomic mass is 19.1. The highest BCUT2D eigenvalue weighted by molar-refractivity contribution is 5.96. The molecule has 142 valence electrons. The molecule has 1 aliphatic carbocycles. The molecule has 2 aliphatic rings. The molecule has 1 N–H and O–H groups in total. The van der Waals surface area contributed by atoms with Gasteiger partial charge in [0.05, 0.1) is 6.54 Å². The molecule has 0 atom stereocenters. The van der Waals surface area contributed by atoms with E-state index in [0.717, 1.165) is 37.1 Å². The lowest BCUT2D eigenvalue weighted by Gasteiger charge is -2.32. The summed E-state index contributed by atoms with van der Waals surface area (Å²) < 4.78 is 13.0. The first-order chi connectivity index (χ1) is 13.0. The minimum atomic E-state index is -0.277. The van der Waals surface area contributed by atoms with Crippen LogP contribution in [0.4, 0.5) is 4.39 Å². The number of carbonyl (C=O) groups is 2. The standard InChI is InChI=1S/C22H23FN2O2.H2/c23-19-7-5-17(6-8-19)16-1-3-18(4-2-16)21(27)24-15-20(26)25-13-11-22(9-10-22)12-14-25;/h1-8H,9-15H2,(H,24,27);1H. The van der Waals surface area contributed by atoms with Crippen molar-refractivity contribution in [2.75, 3.05) is 19.6 Å². The Morgan fingerprint density at radius 2 is 1.48 bits per heavy atom. The van der Waals surface area contributed by atoms with Gasteiger partial charge in [0.15, 0.2) is 0 Å². The van der Waals surface area contributed by atoms with Gasteiger partial charge in [-0.25, -0.2) is 4.39 Å². The summed E-state index contributed by atoms with van der Waals surface area (Å²) in [6.07, 6.45) is 4.80. The van der Waals surface area contributed by atoms with Crippen LogP contribution in [-0.2, 0) is 4.79 Å². The van der Waals surface area contributed by atoms with Gasteiger partial charge >= 0.3 is 0 Å². The number of hydrogen-bond acceptors (Lipinski definition) is 2. The lowest BCUT2D eigenvalue weighted by atomic mass is 9.94. The second-order valence-corrected chi connectivity index (χ2v) is 7.65. The van der Waals surface area contributed by atoms with Crippen LogP contribution in [0, 0.1) is 11.2 Å². The molecule has 2 fully saturated rings. The first-order valence-electron chi connectivity index (χ1n) is 9.47. The molecule has 0 bridgehead atoms. The van der Waals surface area contributed by atoms with Crippen molar-refractivity contribution in [1.82, 2.24) is 10.2 Å². The fourth-order valence-electron chi connectivity index (χ4n) is 3.73. The van der Waals surface area contributed by atoms with Crippen LogP contribution in [0.5, 0.6) is 0 Å². The van der Waals surface area contributed by atoms with Gasteiger partial charge in [0, 0.05) is 20.1 Å². The average Bonchev–Trinajstić information content (AvgIpc) is 3.46. The first-order valence-corrected chi connectivity index (χ1v) is 9.47. The molecule has 2 aromatic rings. The Morgan fingerprint density at radius 3 is 2.04 bits per heavy atom. The molecular weight excluding hydrogens is 343 g/mol. The number of rotatable bonds is 4. The largest absolute Gasteiger partial charge is 0.343 e. The third-order valence-corrected chi connectivity index (χ3v) is 5.86. The molecule has 1 spiro atoms. The van der Waals surface area contributed by atoms with Gasteiger partial charge in [-0.3, -0.25) is 9.59 Å². The topological polar surface area (TPSA) is 49.4 Å². The number of carbonyl (C=O) groups excluding carboxylic acids is 2. The number of piperidine rings is 1. The van der Waals surface area contributed by atoms with Gasteiger partial charge in [-0.2, -0.15) is 0 Å². The van der Waals surface area contributed by atoms with Crippen LogP contribution in [0.15, 0.2) is 48.5 Å². The lowest BCUT2D eigenvalue weighted by molar-refractivity contribution is -0.131. The molecule has 0 aromatic heterocycles. The van der Waals surface area contributed by atoms with E-state index in [1.807, 2.05) is 17.0 Å². The third kappa shape index (κ3) is 4.02. The molecule has 5 heteroatoms. The van der Waals surface area contributed by atoms with Crippen LogP contribution in [-0.4, -0.2) is 36.3 Å². The summed E-state index contributed by atoms with van der Waals surface area (Å²) in [6, 6.07) is 13.3. The molecule has 1 saturated carbocycles. The van der Waals surface area contributed by atoms with Crippen LogP contribution < -0.4 is 5.32 Å². The third-order valence-electron chi connectivity index (χ3n) is 5.86. The summed E-state index contributed by atoms with van der Waals surface area (Å²) in [5, 5.41) is 2.72. The number of nitrogens with zero attached hydrogens (tertiary/aromatic N) is 1. The molecule has 2 aromatic carbocycles. The van der Waals surface area contributed by atoms with Crippen LogP contribution in [0.25, 0.3) is 11.1 Å². The van der Waals surface area contributed by atoms with Crippen molar-refractivity contribution in [3.8, 4) is 11.1 Å². The fourth-order valence-corrected chi connectivity index (χ4v) is 3.73. The summed E-state index contributed by atoms with van der Waals surface area (Å²) in [6.45, 7) is 1.65. The summed E-state index contributed by atoms with van der Waals surface area (Å²) in [7, 11) is 0. The van der Waals surface area contributed by atoms with Crippen molar-refractivity contribution in [3.05, 3.63) is 59.9 Å². The molecule has 4 rings (SSSR count). The summed E-state index contributed by atoms with van der Waals surface area (Å²) in [5.74, 6) is -0.549. The van der Waals surface area contributed by atoms with Crippen LogP contribution in [0.1, 0.15) is 37.5 Å². The monoisotopic (exact) mass is 368 g/mol. The summed E-state index contributed by atoms with van der Waals surface area (Å²) in [4.78, 5) is 26.5. The Balaban J connectivity index is 0.00000225. The Kier molecular flexibility index (Phi) is 4.68. The van der Waals surface area contributed by atoms with Gasteiger partial charge in [-0.1, -0.05) is 24.3 Å². The second-order valence-electron chi connectivity index (χ2n) is 7.65. The van der Waals surface area contributed by atoms with Crippen LogP contribution in [0.3, 0.4) is 0 Å². The first kappa shape index (κ1) is 17.7. The van der Waals surface area contributed by atoms with E-state index in [0.29, 0.717) is 11.0 Å². The number of benzene rings is 2. The van der Waals surface area contributed by atoms with E-state index in [9.17, 15) is 14.0 Å². The van der Waals surface area contributed by atoms with E-state index in [1.54, 1.807) is 24.3 Å². The SMILES string of the molecule is O=C(NCC(=O)N1CCC2(CC1)CC2)c1ccc(-c2ccc(F)cc2)cc1.[HH]. The molecular formula is C22H25FN2O2. The minimum Gasteiger partial charge on any atom is -0.343 e. The number of halogens is 1. The normalized spacial score (nSPS) is 17.6. The maximum absolute atomic E-state index is 13.0. The number of nitrogens with one attached hydrogen (secondary N) is 1. The molecule has 27 heavy (non-hydrogen) atoms. The highest BCUT2D eigenvalue weighted by Crippen LogP contribution is 2.53. The van der Waals surface area contributed by atoms with Gasteiger partial charge in [0.2, 0.25) is 5.91 Å². The number of amides is 2. The van der Waals surface area contributed by atoms with Crippen molar-refractivity contribution in [2.24, 2.45) is 5.41 Å². The zero-order valence-corrected chi connectivity index (χ0v) is 15.2. The number of likely N-dealkylation sites (tertiary alicyclic amines) is 1. The Bertz CT molecular complexity index is 838. The maximum atomic E-state index is 13.0. The zero-order valence-electron chi connectivity index (χ0n) is 15.2. The molecule has 0 unspecified atom stereocenters. The lowest BCUT2D eigenvalue weighted by Crippen LogP contribution is -2.44. The number of hydrogen-bond donors (Lipinski definition) is 1. The predicted octanol–water partition coefficient (Wildman–Crippen LogP) is 3.87. The maximum Gasteiger partial charge on any atom is 0.251 e. The molecule has 1 heterocycles. The zero-order chi connectivity index (χ0) is 18.9. The van der Waals surface area contributed by atoms with Gasteiger partial charge < -0.3 is 10.2 Å². The van der Waals surface area contributed by atoms with Crippen LogP contribution in [0.2, 0.25) is 0 Å². The molecule has 1 aliphatic heterocycles. The van der Waals surface area contributed by atoms with Crippen LogP contribution >= 0.6 is 0 Å². The van der Waals surface area contributed by atoms with Crippen molar-refractivity contribution < 1.29 is 15.4 Å². The van der Waals surface area contributed by atoms with Gasteiger partial charge in [0.1, 0.15) is 5.82 Å². The quantitative estimate of drug-likeness (QED) is 0.891. The smallest absolute Gasteiger partial charge is 0.251 e. The fraction of sp³-hybridized carbons (Fsp3) is 0.364. The van der Waals surface area contributed by atoms with E-state index in [2.05, 4.69) is 5.32 Å². The molecule has 4 nitrogen and oxygen atoms in total. The molecule has 1 saturated heterocycles. The van der Waals surface area contributed by atoms with E-state index >= 15 is 0 Å². The van der Waals surface area contributed by atoms with E-state index in [1.165, 1.54) is 25.0 Å². The van der Waals surface area contributed by atoms with Crippen molar-refractivity contribution in [1.29, 1.82) is 0 Å². The van der Waals surface area contributed by atoms with Crippen molar-refractivity contribution in [3.63, 3.8) is 0 Å². The second kappa shape index (κ2) is 7.14. The van der Waals surface area contributed by atoms with E-state index in [-0.39, 0.29) is 25.6 Å². The van der Waals surface area contributed by atoms with Crippen molar-refractivity contribution >= 4 is 11.8 Å². The average molecular weight is 368 g/mol. The van der Waals surface area contributed by atoms with Crippen molar-refractivity contribution in [2.45, 2.75) is 25.7 Å². The summed E-state index contributed by atoms with van der Waals surface area (Å²) in [5.41, 5.74) is 2.83. The Morgan fingerprint density at radius 1 is 0.926 bits per heavy atom. The van der Waals surface area contributed by atoms with E-state index in [4.69, 9.17) is 0 Å². The predicted molar refractivity (Wildman–Crippen MR) is 104 cm³/mol. The summed E-state index contributed by atoms with van der Waals surface area (Å²) >= 11 is 0. The molecule has 2 amide bonds. The van der Waals surface area contributed by atoms with Gasteiger partial charge in [0.25, 0.3) is 5.91 Å². The Hall–Kier alpha value is -2.69. The minimum absolute atomic E-state index is 0. The van der Waals surface area contributed by atoms with E-state index < -0.39 is 0 Å². The van der Waals surface area contributed by atoms with Gasteiger partial charge in [-0.15, -0.1) is 0 Å². The molecule has 0 radical (unpaired) electrons.